The van der Waals surface area contributed by atoms with Crippen LogP contribution in [0.15, 0.2) is 36.5 Å². The van der Waals surface area contributed by atoms with Crippen LogP contribution in [0, 0.1) is 6.92 Å². The lowest BCUT2D eigenvalue weighted by molar-refractivity contribution is 0.112. The second-order valence-corrected chi connectivity index (χ2v) is 3.79. The van der Waals surface area contributed by atoms with Crippen LogP contribution in [0.5, 0.6) is 5.88 Å². The minimum Gasteiger partial charge on any atom is -0.481 e. The molecule has 0 saturated carbocycles. The molecule has 0 aliphatic carbocycles. The number of rotatable bonds is 3. The average molecular weight is 227 g/mol. The summed E-state index contributed by atoms with van der Waals surface area (Å²) in [7, 11) is 1.61. The molecular weight excluding hydrogens is 214 g/mol. The predicted molar refractivity (Wildman–Crippen MR) is 66.3 cm³/mol. The van der Waals surface area contributed by atoms with Gasteiger partial charge in [0.2, 0.25) is 5.88 Å². The Morgan fingerprint density at radius 2 is 1.88 bits per heavy atom. The van der Waals surface area contributed by atoms with E-state index in [0.717, 1.165) is 23.0 Å². The summed E-state index contributed by atoms with van der Waals surface area (Å²) >= 11 is 0. The monoisotopic (exact) mass is 227 g/mol. The van der Waals surface area contributed by atoms with E-state index in [1.807, 2.05) is 25.1 Å². The van der Waals surface area contributed by atoms with Gasteiger partial charge in [-0.15, -0.1) is 0 Å². The van der Waals surface area contributed by atoms with Crippen LogP contribution < -0.4 is 4.74 Å². The first-order valence-corrected chi connectivity index (χ1v) is 5.31. The molecule has 86 valence electrons. The van der Waals surface area contributed by atoms with E-state index in [0.29, 0.717) is 11.4 Å². The molecule has 2 rings (SSSR count). The van der Waals surface area contributed by atoms with E-state index in [1.165, 1.54) is 0 Å². The van der Waals surface area contributed by atoms with Crippen LogP contribution >= 0.6 is 0 Å². The van der Waals surface area contributed by atoms with Crippen molar-refractivity contribution >= 4 is 6.29 Å². The maximum atomic E-state index is 10.6. The van der Waals surface area contributed by atoms with Gasteiger partial charge in [-0.1, -0.05) is 24.3 Å². The van der Waals surface area contributed by atoms with Gasteiger partial charge in [0.15, 0.2) is 0 Å². The second-order valence-electron chi connectivity index (χ2n) is 3.79. The molecule has 0 fully saturated rings. The van der Waals surface area contributed by atoms with E-state index >= 15 is 0 Å². The number of ether oxygens (including phenoxy) is 1. The topological polar surface area (TPSA) is 39.2 Å². The van der Waals surface area contributed by atoms with Crippen molar-refractivity contribution in [2.24, 2.45) is 0 Å². The van der Waals surface area contributed by atoms with Gasteiger partial charge in [0.05, 0.1) is 7.11 Å². The fourth-order valence-corrected chi connectivity index (χ4v) is 1.69. The van der Waals surface area contributed by atoms with Crippen LogP contribution in [-0.4, -0.2) is 18.4 Å². The summed E-state index contributed by atoms with van der Waals surface area (Å²) in [6.07, 6.45) is 2.60. The summed E-state index contributed by atoms with van der Waals surface area (Å²) in [5, 5.41) is 0. The summed E-state index contributed by atoms with van der Waals surface area (Å²) < 4.78 is 5.11. The second kappa shape index (κ2) is 4.78. The Labute approximate surface area is 100 Å². The van der Waals surface area contributed by atoms with Crippen LogP contribution in [0.25, 0.3) is 11.1 Å². The molecule has 0 atom stereocenters. The fraction of sp³-hybridized carbons (Fsp3) is 0.143. The highest BCUT2D eigenvalue weighted by Crippen LogP contribution is 2.23. The lowest BCUT2D eigenvalue weighted by atomic mass is 10.0. The zero-order valence-corrected chi connectivity index (χ0v) is 9.81. The average Bonchev–Trinajstić information content (AvgIpc) is 2.39. The molecule has 1 aromatic heterocycles. The van der Waals surface area contributed by atoms with Crippen LogP contribution in [0.4, 0.5) is 0 Å². The molecule has 1 aromatic carbocycles. The maximum absolute atomic E-state index is 10.6. The third-order valence-electron chi connectivity index (χ3n) is 2.60. The molecule has 17 heavy (non-hydrogen) atoms. The number of pyridine rings is 1. The van der Waals surface area contributed by atoms with Gasteiger partial charge in [-0.25, -0.2) is 4.98 Å². The summed E-state index contributed by atoms with van der Waals surface area (Å²) in [4.78, 5) is 14.8. The normalized spacial score (nSPS) is 10.0. The molecule has 0 N–H and O–H groups in total. The highest BCUT2D eigenvalue weighted by Gasteiger charge is 2.03. The molecule has 2 aromatic rings. The quantitative estimate of drug-likeness (QED) is 0.757. The van der Waals surface area contributed by atoms with E-state index in [9.17, 15) is 4.79 Å². The van der Waals surface area contributed by atoms with Gasteiger partial charge in [0.1, 0.15) is 6.29 Å². The van der Waals surface area contributed by atoms with E-state index < -0.39 is 0 Å². The number of nitrogens with zero attached hydrogens (tertiary/aromatic N) is 1. The third-order valence-corrected chi connectivity index (χ3v) is 2.60. The number of benzene rings is 1. The van der Waals surface area contributed by atoms with Crippen molar-refractivity contribution in [2.45, 2.75) is 6.92 Å². The Bertz CT molecular complexity index is 532. The summed E-state index contributed by atoms with van der Waals surface area (Å²) in [5.41, 5.74) is 3.71. The predicted octanol–water partition coefficient (Wildman–Crippen LogP) is 2.88. The lowest BCUT2D eigenvalue weighted by Gasteiger charge is -2.06. The summed E-state index contributed by atoms with van der Waals surface area (Å²) in [5.74, 6) is 0.637. The third kappa shape index (κ3) is 2.33. The fourth-order valence-electron chi connectivity index (χ4n) is 1.69. The molecule has 0 bridgehead atoms. The minimum absolute atomic E-state index is 0.637. The van der Waals surface area contributed by atoms with Gasteiger partial charge in [-0.2, -0.15) is 0 Å². The number of carbonyl (C=O) groups is 1. The largest absolute Gasteiger partial charge is 0.481 e. The zero-order valence-electron chi connectivity index (χ0n) is 9.81. The molecule has 0 unspecified atom stereocenters. The highest BCUT2D eigenvalue weighted by atomic mass is 16.5. The van der Waals surface area contributed by atoms with Gasteiger partial charge in [-0.05, 0) is 18.6 Å². The van der Waals surface area contributed by atoms with Crippen LogP contribution in [0.3, 0.4) is 0 Å². The Morgan fingerprint density at radius 1 is 1.18 bits per heavy atom. The molecule has 0 aliphatic rings. The summed E-state index contributed by atoms with van der Waals surface area (Å²) in [6, 6.07) is 9.42. The highest BCUT2D eigenvalue weighted by molar-refractivity contribution is 5.76. The smallest absolute Gasteiger partial charge is 0.215 e. The van der Waals surface area contributed by atoms with Crippen LogP contribution in [-0.2, 0) is 0 Å². The van der Waals surface area contributed by atoms with Crippen molar-refractivity contribution in [2.75, 3.05) is 7.11 Å². The van der Waals surface area contributed by atoms with Gasteiger partial charge < -0.3 is 4.74 Å². The number of hydrogen-bond acceptors (Lipinski definition) is 3. The van der Waals surface area contributed by atoms with Crippen LogP contribution in [0.2, 0.25) is 0 Å². The number of hydrogen-bond donors (Lipinski definition) is 0. The van der Waals surface area contributed by atoms with Crippen molar-refractivity contribution < 1.29 is 9.53 Å². The number of aldehydes is 1. The zero-order chi connectivity index (χ0) is 12.3. The number of aromatic nitrogens is 1. The van der Waals surface area contributed by atoms with Crippen molar-refractivity contribution in [1.82, 2.24) is 4.98 Å². The SMILES string of the molecule is COc1ncc(-c2ccc(C=O)cc2)cc1C. The van der Waals surface area contributed by atoms with Crippen LogP contribution in [0.1, 0.15) is 15.9 Å². The van der Waals surface area contributed by atoms with E-state index in [1.54, 1.807) is 25.4 Å². The first-order chi connectivity index (χ1) is 8.24. The summed E-state index contributed by atoms with van der Waals surface area (Å²) in [6.45, 7) is 1.95. The Morgan fingerprint density at radius 3 is 2.41 bits per heavy atom. The molecule has 0 spiro atoms. The maximum Gasteiger partial charge on any atom is 0.215 e. The molecular formula is C14H13NO2. The van der Waals surface area contributed by atoms with E-state index in [4.69, 9.17) is 4.74 Å². The van der Waals surface area contributed by atoms with Gasteiger partial charge >= 0.3 is 0 Å². The molecule has 3 heteroatoms. The Kier molecular flexibility index (Phi) is 3.19. The number of methoxy groups -OCH3 is 1. The molecule has 0 radical (unpaired) electrons. The van der Waals surface area contributed by atoms with Gasteiger partial charge in [0.25, 0.3) is 0 Å². The Balaban J connectivity index is 2.38. The molecule has 1 heterocycles. The Hall–Kier alpha value is -2.16. The van der Waals surface area contributed by atoms with E-state index in [-0.39, 0.29) is 0 Å². The van der Waals surface area contributed by atoms with Crippen molar-refractivity contribution in [3.8, 4) is 17.0 Å². The lowest BCUT2D eigenvalue weighted by Crippen LogP contribution is -1.91. The standard InChI is InChI=1S/C14H13NO2/c1-10-7-13(8-15-14(10)17-2)12-5-3-11(9-16)4-6-12/h3-9H,1-2H3. The van der Waals surface area contributed by atoms with E-state index in [2.05, 4.69) is 4.98 Å². The minimum atomic E-state index is 0.637. The number of aryl methyl sites for hydroxylation is 1. The van der Waals surface area contributed by atoms with Crippen molar-refractivity contribution in [3.05, 3.63) is 47.7 Å². The molecule has 0 amide bonds. The molecule has 3 nitrogen and oxygen atoms in total. The van der Waals surface area contributed by atoms with Gasteiger partial charge in [0, 0.05) is 22.9 Å². The van der Waals surface area contributed by atoms with Crippen molar-refractivity contribution in [1.29, 1.82) is 0 Å². The van der Waals surface area contributed by atoms with Gasteiger partial charge in [-0.3, -0.25) is 4.79 Å². The molecule has 0 aliphatic heterocycles. The number of carbonyl (C=O) groups excluding carboxylic acids is 1. The first kappa shape index (κ1) is 11.3. The molecule has 0 saturated heterocycles. The van der Waals surface area contributed by atoms with Crippen molar-refractivity contribution in [3.63, 3.8) is 0 Å². The first-order valence-electron chi connectivity index (χ1n) is 5.31.